The van der Waals surface area contributed by atoms with Gasteiger partial charge >= 0.3 is 5.97 Å². The van der Waals surface area contributed by atoms with E-state index in [1.54, 1.807) is 6.92 Å². The molecule has 1 heterocycles. The van der Waals surface area contributed by atoms with Crippen molar-refractivity contribution in [2.24, 2.45) is 11.7 Å². The molecule has 0 bridgehead atoms. The molecule has 2 amide bonds. The summed E-state index contributed by atoms with van der Waals surface area (Å²) in [4.78, 5) is 36.5. The number of halogens is 1. The van der Waals surface area contributed by atoms with Gasteiger partial charge in [0.2, 0.25) is 5.91 Å². The summed E-state index contributed by atoms with van der Waals surface area (Å²) in [5.41, 5.74) is 5.73. The van der Waals surface area contributed by atoms with Crippen molar-refractivity contribution < 1.29 is 23.5 Å². The number of carbonyl (C=O) groups excluding carboxylic acids is 3. The fourth-order valence-electron chi connectivity index (χ4n) is 2.46. The Morgan fingerprint density at radius 2 is 2.13 bits per heavy atom. The van der Waals surface area contributed by atoms with Gasteiger partial charge in [-0.05, 0) is 37.5 Å². The number of aryl methyl sites for hydroxylation is 1. The number of piperidine rings is 1. The zero-order valence-electron chi connectivity index (χ0n) is 12.9. The monoisotopic (exact) mass is 322 g/mol. The molecule has 0 radical (unpaired) electrons. The summed E-state index contributed by atoms with van der Waals surface area (Å²) in [6.07, 6.45) is 1.33. The zero-order chi connectivity index (χ0) is 17.0. The van der Waals surface area contributed by atoms with Crippen molar-refractivity contribution in [1.29, 1.82) is 0 Å². The van der Waals surface area contributed by atoms with Gasteiger partial charge in [-0.1, -0.05) is 6.07 Å². The molecule has 1 saturated heterocycles. The number of amides is 2. The lowest BCUT2D eigenvalue weighted by Gasteiger charge is -2.31. The number of esters is 1. The second-order valence-electron chi connectivity index (χ2n) is 5.62. The first-order chi connectivity index (χ1) is 10.9. The van der Waals surface area contributed by atoms with Crippen LogP contribution in [0.3, 0.4) is 0 Å². The van der Waals surface area contributed by atoms with Gasteiger partial charge in [-0.15, -0.1) is 0 Å². The van der Waals surface area contributed by atoms with Gasteiger partial charge in [0.1, 0.15) is 5.82 Å². The molecule has 124 valence electrons. The summed E-state index contributed by atoms with van der Waals surface area (Å²) in [5.74, 6) is -2.46. The first-order valence-corrected chi connectivity index (χ1v) is 7.39. The van der Waals surface area contributed by atoms with E-state index in [9.17, 15) is 18.8 Å². The van der Waals surface area contributed by atoms with Crippen LogP contribution in [-0.2, 0) is 14.3 Å². The van der Waals surface area contributed by atoms with Crippen LogP contribution in [0.1, 0.15) is 28.8 Å². The molecule has 0 aliphatic carbocycles. The summed E-state index contributed by atoms with van der Waals surface area (Å²) in [6.45, 7) is 1.88. The highest BCUT2D eigenvalue weighted by Gasteiger charge is 2.27. The van der Waals surface area contributed by atoms with Crippen LogP contribution in [0.15, 0.2) is 18.2 Å². The summed E-state index contributed by atoms with van der Waals surface area (Å²) in [6, 6.07) is 3.98. The molecule has 6 nitrogen and oxygen atoms in total. The maximum absolute atomic E-state index is 13.4. The van der Waals surface area contributed by atoms with Crippen LogP contribution in [-0.4, -0.2) is 42.4 Å². The van der Waals surface area contributed by atoms with E-state index in [-0.39, 0.29) is 18.0 Å². The SMILES string of the molecule is Cc1ccc(C(=O)OCC(=O)N2CCC[C@H](C(N)=O)C2)cc1F. The minimum atomic E-state index is -0.763. The Morgan fingerprint density at radius 1 is 1.39 bits per heavy atom. The lowest BCUT2D eigenvalue weighted by molar-refractivity contribution is -0.137. The number of nitrogens with zero attached hydrogens (tertiary/aromatic N) is 1. The number of benzene rings is 1. The molecule has 1 fully saturated rings. The molecule has 1 atom stereocenters. The van der Waals surface area contributed by atoms with Crippen molar-refractivity contribution in [2.45, 2.75) is 19.8 Å². The van der Waals surface area contributed by atoms with Gasteiger partial charge in [-0.2, -0.15) is 0 Å². The highest BCUT2D eigenvalue weighted by molar-refractivity contribution is 5.91. The van der Waals surface area contributed by atoms with Crippen LogP contribution in [0.2, 0.25) is 0 Å². The molecule has 1 aliphatic heterocycles. The van der Waals surface area contributed by atoms with E-state index < -0.39 is 30.2 Å². The van der Waals surface area contributed by atoms with E-state index in [1.165, 1.54) is 17.0 Å². The second-order valence-corrected chi connectivity index (χ2v) is 5.62. The molecular formula is C16H19FN2O4. The molecule has 0 spiro atoms. The lowest BCUT2D eigenvalue weighted by Crippen LogP contribution is -2.45. The normalized spacial score (nSPS) is 17.7. The van der Waals surface area contributed by atoms with Gasteiger partial charge in [0.15, 0.2) is 6.61 Å². The molecule has 2 N–H and O–H groups in total. The molecule has 0 unspecified atom stereocenters. The predicted molar refractivity (Wildman–Crippen MR) is 79.9 cm³/mol. The average molecular weight is 322 g/mol. The minimum Gasteiger partial charge on any atom is -0.452 e. The van der Waals surface area contributed by atoms with Crippen LogP contribution in [0.5, 0.6) is 0 Å². The smallest absolute Gasteiger partial charge is 0.338 e. The number of likely N-dealkylation sites (tertiary alicyclic amines) is 1. The van der Waals surface area contributed by atoms with Crippen LogP contribution < -0.4 is 5.73 Å². The predicted octanol–water partition coefficient (Wildman–Crippen LogP) is 1.01. The van der Waals surface area contributed by atoms with E-state index in [0.717, 1.165) is 6.07 Å². The van der Waals surface area contributed by atoms with Crippen molar-refractivity contribution in [3.05, 3.63) is 35.1 Å². The number of carbonyl (C=O) groups is 3. The standard InChI is InChI=1S/C16H19FN2O4/c1-10-4-5-11(7-13(10)17)16(22)23-9-14(20)19-6-2-3-12(8-19)15(18)21/h4-5,7,12H,2-3,6,8-9H2,1H3,(H2,18,21)/t12-/m0/s1. The van der Waals surface area contributed by atoms with E-state index in [4.69, 9.17) is 10.5 Å². The Bertz CT molecular complexity index is 633. The summed E-state index contributed by atoms with van der Waals surface area (Å²) < 4.78 is 18.3. The minimum absolute atomic E-state index is 0.0505. The third-order valence-electron chi connectivity index (χ3n) is 3.91. The van der Waals surface area contributed by atoms with Crippen molar-refractivity contribution >= 4 is 17.8 Å². The maximum atomic E-state index is 13.4. The summed E-state index contributed by atoms with van der Waals surface area (Å²) >= 11 is 0. The lowest BCUT2D eigenvalue weighted by atomic mass is 9.97. The Hall–Kier alpha value is -2.44. The molecule has 7 heteroatoms. The fraction of sp³-hybridized carbons (Fsp3) is 0.438. The largest absolute Gasteiger partial charge is 0.452 e. The zero-order valence-corrected chi connectivity index (χ0v) is 12.9. The molecule has 2 rings (SSSR count). The third-order valence-corrected chi connectivity index (χ3v) is 3.91. The van der Waals surface area contributed by atoms with Gasteiger partial charge in [0.05, 0.1) is 11.5 Å². The van der Waals surface area contributed by atoms with Crippen molar-refractivity contribution in [3.63, 3.8) is 0 Å². The van der Waals surface area contributed by atoms with E-state index in [1.807, 2.05) is 0 Å². The molecule has 0 aromatic heterocycles. The van der Waals surface area contributed by atoms with Crippen LogP contribution in [0.4, 0.5) is 4.39 Å². The Balaban J connectivity index is 1.89. The maximum Gasteiger partial charge on any atom is 0.338 e. The summed E-state index contributed by atoms with van der Waals surface area (Å²) in [7, 11) is 0. The number of ether oxygens (including phenoxy) is 1. The second kappa shape index (κ2) is 7.21. The van der Waals surface area contributed by atoms with Crippen molar-refractivity contribution in [3.8, 4) is 0 Å². The quantitative estimate of drug-likeness (QED) is 0.838. The third kappa shape index (κ3) is 4.28. The topological polar surface area (TPSA) is 89.7 Å². The number of nitrogens with two attached hydrogens (primary N) is 1. The molecule has 1 aliphatic rings. The summed E-state index contributed by atoms with van der Waals surface area (Å²) in [5, 5.41) is 0. The van der Waals surface area contributed by atoms with Gasteiger partial charge in [0.25, 0.3) is 5.91 Å². The molecule has 1 aromatic rings. The molecule has 23 heavy (non-hydrogen) atoms. The van der Waals surface area contributed by atoms with Gasteiger partial charge in [-0.25, -0.2) is 9.18 Å². The van der Waals surface area contributed by atoms with E-state index in [0.29, 0.717) is 24.9 Å². The Kier molecular flexibility index (Phi) is 5.31. The first-order valence-electron chi connectivity index (χ1n) is 7.39. The first kappa shape index (κ1) is 16.9. The van der Waals surface area contributed by atoms with Gasteiger partial charge in [0, 0.05) is 13.1 Å². The van der Waals surface area contributed by atoms with Crippen LogP contribution in [0.25, 0.3) is 0 Å². The van der Waals surface area contributed by atoms with Crippen molar-refractivity contribution in [2.75, 3.05) is 19.7 Å². The number of hydrogen-bond donors (Lipinski definition) is 1. The Labute approximate surface area is 133 Å². The average Bonchev–Trinajstić information content (AvgIpc) is 2.54. The van der Waals surface area contributed by atoms with Gasteiger partial charge < -0.3 is 15.4 Å². The van der Waals surface area contributed by atoms with E-state index >= 15 is 0 Å². The Morgan fingerprint density at radius 3 is 2.78 bits per heavy atom. The highest BCUT2D eigenvalue weighted by atomic mass is 19.1. The van der Waals surface area contributed by atoms with Crippen molar-refractivity contribution in [1.82, 2.24) is 4.90 Å². The van der Waals surface area contributed by atoms with Crippen LogP contribution in [0, 0.1) is 18.7 Å². The van der Waals surface area contributed by atoms with E-state index in [2.05, 4.69) is 0 Å². The van der Waals surface area contributed by atoms with Gasteiger partial charge in [-0.3, -0.25) is 9.59 Å². The molecular weight excluding hydrogens is 303 g/mol. The molecule has 0 saturated carbocycles. The number of rotatable bonds is 4. The fourth-order valence-corrected chi connectivity index (χ4v) is 2.46. The highest BCUT2D eigenvalue weighted by Crippen LogP contribution is 2.16. The number of hydrogen-bond acceptors (Lipinski definition) is 4. The number of primary amides is 1. The molecule has 1 aromatic carbocycles. The van der Waals surface area contributed by atoms with Crippen LogP contribution >= 0.6 is 0 Å².